The van der Waals surface area contributed by atoms with Crippen LogP contribution in [-0.2, 0) is 0 Å². The molecule has 0 saturated heterocycles. The van der Waals surface area contributed by atoms with Gasteiger partial charge in [0.25, 0.3) is 0 Å². The van der Waals surface area contributed by atoms with Crippen molar-refractivity contribution in [2.45, 2.75) is 46.5 Å². The first-order valence-corrected chi connectivity index (χ1v) is 5.57. The standard InChI is InChI=1S/C14H22/c1-11(2)12(3)10-13(4)14-8-6-5-7-9-14/h5-6,14H,4,7-10H2,1-3H3. The molecular formula is C14H22. The van der Waals surface area contributed by atoms with Crippen molar-refractivity contribution in [1.29, 1.82) is 0 Å². The molecule has 1 atom stereocenters. The zero-order valence-electron chi connectivity index (χ0n) is 9.77. The fourth-order valence-corrected chi connectivity index (χ4v) is 1.83. The van der Waals surface area contributed by atoms with Crippen LogP contribution in [0, 0.1) is 5.92 Å². The molecule has 1 unspecified atom stereocenters. The first-order valence-electron chi connectivity index (χ1n) is 5.57. The van der Waals surface area contributed by atoms with Gasteiger partial charge in [-0.05, 0) is 52.4 Å². The summed E-state index contributed by atoms with van der Waals surface area (Å²) in [6.45, 7) is 10.8. The van der Waals surface area contributed by atoms with E-state index < -0.39 is 0 Å². The van der Waals surface area contributed by atoms with E-state index in [1.807, 2.05) is 0 Å². The Bertz CT molecular complexity index is 262. The molecule has 0 N–H and O–H groups in total. The molecule has 0 nitrogen and oxygen atoms in total. The minimum Gasteiger partial charge on any atom is -0.0992 e. The van der Waals surface area contributed by atoms with E-state index in [1.165, 1.54) is 36.0 Å². The third-order valence-corrected chi connectivity index (χ3v) is 3.19. The van der Waals surface area contributed by atoms with Gasteiger partial charge in [0.2, 0.25) is 0 Å². The summed E-state index contributed by atoms with van der Waals surface area (Å²) in [6.07, 6.45) is 9.42. The Hall–Kier alpha value is -0.780. The van der Waals surface area contributed by atoms with E-state index in [4.69, 9.17) is 0 Å². The first-order chi connectivity index (χ1) is 6.61. The highest BCUT2D eigenvalue weighted by atomic mass is 14.2. The largest absolute Gasteiger partial charge is 0.0992 e. The molecule has 0 radical (unpaired) electrons. The molecule has 0 spiro atoms. The van der Waals surface area contributed by atoms with Gasteiger partial charge in [-0.3, -0.25) is 0 Å². The Morgan fingerprint density at radius 1 is 1.29 bits per heavy atom. The van der Waals surface area contributed by atoms with E-state index in [1.54, 1.807) is 0 Å². The van der Waals surface area contributed by atoms with Crippen molar-refractivity contribution >= 4 is 0 Å². The summed E-state index contributed by atoms with van der Waals surface area (Å²) >= 11 is 0. The van der Waals surface area contributed by atoms with Crippen LogP contribution in [-0.4, -0.2) is 0 Å². The Balaban J connectivity index is 2.50. The van der Waals surface area contributed by atoms with Crippen molar-refractivity contribution in [3.05, 3.63) is 35.5 Å². The van der Waals surface area contributed by atoms with Gasteiger partial charge in [0.15, 0.2) is 0 Å². The van der Waals surface area contributed by atoms with Crippen LogP contribution in [0.15, 0.2) is 35.5 Å². The van der Waals surface area contributed by atoms with Crippen molar-refractivity contribution in [3.8, 4) is 0 Å². The highest BCUT2D eigenvalue weighted by Gasteiger charge is 2.13. The van der Waals surface area contributed by atoms with E-state index in [2.05, 4.69) is 39.5 Å². The summed E-state index contributed by atoms with van der Waals surface area (Å²) in [5.74, 6) is 0.731. The van der Waals surface area contributed by atoms with Crippen molar-refractivity contribution < 1.29 is 0 Å². The number of allylic oxidation sites excluding steroid dienone is 5. The molecule has 0 aliphatic heterocycles. The van der Waals surface area contributed by atoms with E-state index in [0.29, 0.717) is 0 Å². The molecule has 14 heavy (non-hydrogen) atoms. The monoisotopic (exact) mass is 190 g/mol. The molecule has 0 amide bonds. The highest BCUT2D eigenvalue weighted by Crippen LogP contribution is 2.29. The molecule has 0 heteroatoms. The molecule has 0 aromatic rings. The minimum absolute atomic E-state index is 0.731. The minimum atomic E-state index is 0.731. The highest BCUT2D eigenvalue weighted by molar-refractivity contribution is 5.18. The van der Waals surface area contributed by atoms with Crippen LogP contribution < -0.4 is 0 Å². The Kier molecular flexibility index (Phi) is 4.19. The zero-order valence-corrected chi connectivity index (χ0v) is 9.77. The van der Waals surface area contributed by atoms with Crippen LogP contribution in [0.3, 0.4) is 0 Å². The van der Waals surface area contributed by atoms with E-state index in [0.717, 1.165) is 12.3 Å². The lowest BCUT2D eigenvalue weighted by atomic mass is 9.85. The summed E-state index contributed by atoms with van der Waals surface area (Å²) in [4.78, 5) is 0. The van der Waals surface area contributed by atoms with Crippen LogP contribution in [0.2, 0.25) is 0 Å². The van der Waals surface area contributed by atoms with Gasteiger partial charge in [-0.25, -0.2) is 0 Å². The third kappa shape index (κ3) is 3.17. The molecule has 1 rings (SSSR count). The van der Waals surface area contributed by atoms with Crippen LogP contribution in [0.4, 0.5) is 0 Å². The van der Waals surface area contributed by atoms with Gasteiger partial charge in [0.05, 0.1) is 0 Å². The molecule has 0 bridgehead atoms. The van der Waals surface area contributed by atoms with E-state index in [-0.39, 0.29) is 0 Å². The van der Waals surface area contributed by atoms with Gasteiger partial charge in [0.1, 0.15) is 0 Å². The number of rotatable bonds is 3. The quantitative estimate of drug-likeness (QED) is 0.568. The smallest absolute Gasteiger partial charge is 0.0109 e. The summed E-state index contributed by atoms with van der Waals surface area (Å²) in [6, 6.07) is 0. The zero-order chi connectivity index (χ0) is 10.6. The predicted molar refractivity (Wildman–Crippen MR) is 64.3 cm³/mol. The van der Waals surface area contributed by atoms with Crippen LogP contribution in [0.25, 0.3) is 0 Å². The molecule has 0 heterocycles. The van der Waals surface area contributed by atoms with Crippen molar-refractivity contribution in [3.63, 3.8) is 0 Å². The molecule has 1 aliphatic rings. The number of hydrogen-bond donors (Lipinski definition) is 0. The Morgan fingerprint density at radius 3 is 2.50 bits per heavy atom. The fraction of sp³-hybridized carbons (Fsp3) is 0.571. The summed E-state index contributed by atoms with van der Waals surface area (Å²) < 4.78 is 0. The summed E-state index contributed by atoms with van der Waals surface area (Å²) in [5, 5.41) is 0. The Labute approximate surface area is 88.4 Å². The van der Waals surface area contributed by atoms with E-state index in [9.17, 15) is 0 Å². The molecule has 0 aromatic carbocycles. The molecular weight excluding hydrogens is 168 g/mol. The third-order valence-electron chi connectivity index (χ3n) is 3.19. The fourth-order valence-electron chi connectivity index (χ4n) is 1.83. The maximum absolute atomic E-state index is 4.23. The summed E-state index contributed by atoms with van der Waals surface area (Å²) in [7, 11) is 0. The normalized spacial score (nSPS) is 20.6. The topological polar surface area (TPSA) is 0 Å². The second-order valence-electron chi connectivity index (χ2n) is 4.60. The maximum atomic E-state index is 4.23. The summed E-state index contributed by atoms with van der Waals surface area (Å²) in [5.41, 5.74) is 4.36. The molecule has 0 aromatic heterocycles. The lowest BCUT2D eigenvalue weighted by Gasteiger charge is -2.21. The molecule has 0 saturated carbocycles. The van der Waals surface area contributed by atoms with Crippen LogP contribution in [0.1, 0.15) is 46.5 Å². The van der Waals surface area contributed by atoms with Crippen molar-refractivity contribution in [2.24, 2.45) is 5.92 Å². The Morgan fingerprint density at radius 2 is 2.00 bits per heavy atom. The van der Waals surface area contributed by atoms with E-state index >= 15 is 0 Å². The SMILES string of the molecule is C=C(CC(C)=C(C)C)C1CC=CCC1. The van der Waals surface area contributed by atoms with Crippen molar-refractivity contribution in [2.75, 3.05) is 0 Å². The van der Waals surface area contributed by atoms with Crippen LogP contribution in [0.5, 0.6) is 0 Å². The second-order valence-corrected chi connectivity index (χ2v) is 4.60. The lowest BCUT2D eigenvalue weighted by molar-refractivity contribution is 0.543. The molecule has 1 aliphatic carbocycles. The van der Waals surface area contributed by atoms with Crippen LogP contribution >= 0.6 is 0 Å². The average Bonchev–Trinajstić information content (AvgIpc) is 2.19. The predicted octanol–water partition coefficient (Wildman–Crippen LogP) is 4.65. The molecule has 0 fully saturated rings. The van der Waals surface area contributed by atoms with Gasteiger partial charge in [0, 0.05) is 0 Å². The van der Waals surface area contributed by atoms with Gasteiger partial charge < -0.3 is 0 Å². The number of hydrogen-bond acceptors (Lipinski definition) is 0. The van der Waals surface area contributed by atoms with Gasteiger partial charge in [-0.15, -0.1) is 0 Å². The van der Waals surface area contributed by atoms with Gasteiger partial charge in [-0.1, -0.05) is 35.5 Å². The van der Waals surface area contributed by atoms with Crippen molar-refractivity contribution in [1.82, 2.24) is 0 Å². The maximum Gasteiger partial charge on any atom is -0.0109 e. The second kappa shape index (κ2) is 5.19. The first kappa shape index (κ1) is 11.3. The lowest BCUT2D eigenvalue weighted by Crippen LogP contribution is -2.05. The van der Waals surface area contributed by atoms with Gasteiger partial charge >= 0.3 is 0 Å². The average molecular weight is 190 g/mol. The molecule has 78 valence electrons. The van der Waals surface area contributed by atoms with Gasteiger partial charge in [-0.2, -0.15) is 0 Å².